The maximum atomic E-state index is 11.1. The van der Waals surface area contributed by atoms with Gasteiger partial charge in [-0.05, 0) is 17.9 Å². The Balaban J connectivity index is 1.78. The van der Waals surface area contributed by atoms with Gasteiger partial charge in [-0.1, -0.05) is 37.3 Å². The fourth-order valence-electron chi connectivity index (χ4n) is 2.04. The minimum absolute atomic E-state index is 0.109. The number of carbonyl (C=O) groups excluding carboxylic acids is 1. The lowest BCUT2D eigenvalue weighted by atomic mass is 10.1. The summed E-state index contributed by atoms with van der Waals surface area (Å²) in [4.78, 5) is 11.1. The highest BCUT2D eigenvalue weighted by Gasteiger charge is 2.39. The van der Waals surface area contributed by atoms with Gasteiger partial charge in [-0.3, -0.25) is 4.79 Å². The van der Waals surface area contributed by atoms with E-state index in [4.69, 9.17) is 0 Å². The van der Waals surface area contributed by atoms with Gasteiger partial charge >= 0.3 is 5.97 Å². The monoisotopic (exact) mass is 250 g/mol. The van der Waals surface area contributed by atoms with Gasteiger partial charge in [0, 0.05) is 10.5 Å². The second-order valence-electron chi connectivity index (χ2n) is 4.52. The van der Waals surface area contributed by atoms with E-state index >= 15 is 0 Å². The van der Waals surface area contributed by atoms with Gasteiger partial charge in [-0.25, -0.2) is 0 Å². The predicted molar refractivity (Wildman–Crippen MR) is 71.3 cm³/mol. The lowest BCUT2D eigenvalue weighted by molar-refractivity contribution is -0.140. The molecule has 1 aromatic rings. The molecule has 0 bridgehead atoms. The van der Waals surface area contributed by atoms with Gasteiger partial charge in [0.15, 0.2) is 0 Å². The highest BCUT2D eigenvalue weighted by atomic mass is 32.2. The Morgan fingerprint density at radius 2 is 2.18 bits per heavy atom. The van der Waals surface area contributed by atoms with E-state index in [0.717, 1.165) is 0 Å². The molecule has 1 aliphatic carbocycles. The summed E-state index contributed by atoms with van der Waals surface area (Å²) in [5.74, 6) is 0.572. The SMILES string of the molecule is COC(=O)CC(C)SC1CC1c1ccccc1. The van der Waals surface area contributed by atoms with E-state index in [0.29, 0.717) is 22.8 Å². The molecule has 0 spiro atoms. The number of hydrogen-bond donors (Lipinski definition) is 0. The molecular weight excluding hydrogens is 232 g/mol. The van der Waals surface area contributed by atoms with Crippen molar-refractivity contribution in [2.75, 3.05) is 7.11 Å². The van der Waals surface area contributed by atoms with Crippen molar-refractivity contribution in [1.29, 1.82) is 0 Å². The minimum Gasteiger partial charge on any atom is -0.469 e. The van der Waals surface area contributed by atoms with Crippen LogP contribution in [0.4, 0.5) is 0 Å². The van der Waals surface area contributed by atoms with Crippen LogP contribution in [0.25, 0.3) is 0 Å². The second-order valence-corrected chi connectivity index (χ2v) is 6.20. The molecule has 92 valence electrons. The van der Waals surface area contributed by atoms with E-state index in [1.807, 2.05) is 17.8 Å². The third-order valence-electron chi connectivity index (χ3n) is 3.05. The van der Waals surface area contributed by atoms with Crippen molar-refractivity contribution in [3.05, 3.63) is 35.9 Å². The number of benzene rings is 1. The first-order valence-electron chi connectivity index (χ1n) is 5.98. The maximum absolute atomic E-state index is 11.1. The van der Waals surface area contributed by atoms with Crippen LogP contribution in [-0.4, -0.2) is 23.6 Å². The zero-order chi connectivity index (χ0) is 12.3. The zero-order valence-corrected chi connectivity index (χ0v) is 11.1. The Labute approximate surface area is 107 Å². The minimum atomic E-state index is -0.109. The molecule has 3 unspecified atom stereocenters. The van der Waals surface area contributed by atoms with Crippen LogP contribution in [0.1, 0.15) is 31.2 Å². The fourth-order valence-corrected chi connectivity index (χ4v) is 3.53. The van der Waals surface area contributed by atoms with Crippen LogP contribution < -0.4 is 0 Å². The lowest BCUT2D eigenvalue weighted by Gasteiger charge is -2.09. The molecule has 3 heteroatoms. The van der Waals surface area contributed by atoms with Crippen LogP contribution in [-0.2, 0) is 9.53 Å². The van der Waals surface area contributed by atoms with E-state index in [-0.39, 0.29) is 5.97 Å². The zero-order valence-electron chi connectivity index (χ0n) is 10.3. The third kappa shape index (κ3) is 3.50. The fraction of sp³-hybridized carbons (Fsp3) is 0.500. The molecule has 0 radical (unpaired) electrons. The summed E-state index contributed by atoms with van der Waals surface area (Å²) in [6, 6.07) is 10.6. The van der Waals surface area contributed by atoms with Gasteiger partial charge in [0.25, 0.3) is 0 Å². The van der Waals surface area contributed by atoms with Crippen molar-refractivity contribution in [1.82, 2.24) is 0 Å². The smallest absolute Gasteiger partial charge is 0.306 e. The van der Waals surface area contributed by atoms with Crippen molar-refractivity contribution in [3.8, 4) is 0 Å². The molecule has 0 saturated heterocycles. The van der Waals surface area contributed by atoms with Gasteiger partial charge < -0.3 is 4.74 Å². The lowest BCUT2D eigenvalue weighted by Crippen LogP contribution is -2.09. The molecule has 0 amide bonds. The molecule has 1 saturated carbocycles. The van der Waals surface area contributed by atoms with Crippen molar-refractivity contribution in [2.24, 2.45) is 0 Å². The molecular formula is C14H18O2S. The van der Waals surface area contributed by atoms with Gasteiger partial charge in [-0.2, -0.15) is 11.8 Å². The third-order valence-corrected chi connectivity index (χ3v) is 4.55. The molecule has 0 aliphatic heterocycles. The molecule has 17 heavy (non-hydrogen) atoms. The molecule has 0 aromatic heterocycles. The average Bonchev–Trinajstić information content (AvgIpc) is 3.09. The van der Waals surface area contributed by atoms with Crippen LogP contribution in [0, 0.1) is 0 Å². The highest BCUT2D eigenvalue weighted by Crippen LogP contribution is 2.50. The van der Waals surface area contributed by atoms with Crippen molar-refractivity contribution >= 4 is 17.7 Å². The quantitative estimate of drug-likeness (QED) is 0.751. The van der Waals surface area contributed by atoms with Gasteiger partial charge in [-0.15, -0.1) is 0 Å². The number of ether oxygens (including phenoxy) is 1. The normalized spacial score (nSPS) is 24.1. The van der Waals surface area contributed by atoms with E-state index in [2.05, 4.69) is 35.9 Å². The second kappa shape index (κ2) is 5.58. The number of carbonyl (C=O) groups is 1. The van der Waals surface area contributed by atoms with Crippen LogP contribution in [0.5, 0.6) is 0 Å². The standard InChI is InChI=1S/C14H18O2S/c1-10(8-14(15)16-2)17-13-9-12(13)11-6-4-3-5-7-11/h3-7,10,12-13H,8-9H2,1-2H3. The Bertz CT molecular complexity index is 377. The van der Waals surface area contributed by atoms with Gasteiger partial charge in [0.2, 0.25) is 0 Å². The van der Waals surface area contributed by atoms with Crippen molar-refractivity contribution < 1.29 is 9.53 Å². The number of esters is 1. The first kappa shape index (κ1) is 12.5. The van der Waals surface area contributed by atoms with E-state index in [1.54, 1.807) is 0 Å². The Morgan fingerprint density at radius 1 is 1.47 bits per heavy atom. The van der Waals surface area contributed by atoms with Crippen LogP contribution in [0.2, 0.25) is 0 Å². The molecule has 3 atom stereocenters. The van der Waals surface area contributed by atoms with Crippen LogP contribution in [0.3, 0.4) is 0 Å². The molecule has 2 nitrogen and oxygen atoms in total. The molecule has 1 aliphatic rings. The van der Waals surface area contributed by atoms with Crippen LogP contribution in [0.15, 0.2) is 30.3 Å². The molecule has 0 heterocycles. The summed E-state index contributed by atoms with van der Waals surface area (Å²) in [6.07, 6.45) is 1.75. The van der Waals surface area contributed by atoms with Gasteiger partial charge in [0.1, 0.15) is 0 Å². The Hall–Kier alpha value is -0.960. The summed E-state index contributed by atoms with van der Waals surface area (Å²) in [5, 5.41) is 1.03. The predicted octanol–water partition coefficient (Wildman–Crippen LogP) is 3.23. The number of methoxy groups -OCH3 is 1. The summed E-state index contributed by atoms with van der Waals surface area (Å²) in [7, 11) is 1.45. The summed E-state index contributed by atoms with van der Waals surface area (Å²) in [6.45, 7) is 2.10. The summed E-state index contributed by atoms with van der Waals surface area (Å²) >= 11 is 1.91. The van der Waals surface area contributed by atoms with E-state index in [9.17, 15) is 4.79 Å². The molecule has 1 aromatic carbocycles. The van der Waals surface area contributed by atoms with Crippen LogP contribution >= 0.6 is 11.8 Å². The van der Waals surface area contributed by atoms with Crippen molar-refractivity contribution in [2.45, 2.75) is 36.2 Å². The molecule has 1 fully saturated rings. The number of thioether (sulfide) groups is 1. The summed E-state index contributed by atoms with van der Waals surface area (Å²) in [5.41, 5.74) is 1.43. The van der Waals surface area contributed by atoms with E-state index < -0.39 is 0 Å². The summed E-state index contributed by atoms with van der Waals surface area (Å²) < 4.78 is 4.68. The van der Waals surface area contributed by atoms with E-state index in [1.165, 1.54) is 19.1 Å². The first-order valence-corrected chi connectivity index (χ1v) is 6.92. The van der Waals surface area contributed by atoms with Crippen molar-refractivity contribution in [3.63, 3.8) is 0 Å². The largest absolute Gasteiger partial charge is 0.469 e. The van der Waals surface area contributed by atoms with Gasteiger partial charge in [0.05, 0.1) is 13.5 Å². The Kier molecular flexibility index (Phi) is 4.11. The first-order chi connectivity index (χ1) is 8.20. The number of hydrogen-bond acceptors (Lipinski definition) is 3. The Morgan fingerprint density at radius 3 is 2.82 bits per heavy atom. The highest BCUT2D eigenvalue weighted by molar-refractivity contribution is 8.00. The maximum Gasteiger partial charge on any atom is 0.306 e. The molecule has 0 N–H and O–H groups in total. The average molecular weight is 250 g/mol. The molecule has 2 rings (SSSR count). The topological polar surface area (TPSA) is 26.3 Å². The number of rotatable bonds is 5.